The minimum Gasteiger partial charge on any atom is -0.456 e. The Morgan fingerprint density at radius 2 is 1.56 bits per heavy atom. The number of benzene rings is 1. The minimum atomic E-state index is -0.562. The Bertz CT molecular complexity index is 625. The van der Waals surface area contributed by atoms with Gasteiger partial charge in [0.15, 0.2) is 6.54 Å². The lowest BCUT2D eigenvalue weighted by Gasteiger charge is -2.30. The van der Waals surface area contributed by atoms with Crippen molar-refractivity contribution in [1.82, 2.24) is 4.48 Å². The number of esters is 1. The second kappa shape index (κ2) is 7.44. The summed E-state index contributed by atoms with van der Waals surface area (Å²) in [6.07, 6.45) is -0.512. The number of nitrogens with one attached hydrogen (secondary N) is 1. The fourth-order valence-electron chi connectivity index (χ4n) is 2.17. The van der Waals surface area contributed by atoms with Crippen LogP contribution in [0.25, 0.3) is 0 Å². The van der Waals surface area contributed by atoms with Crippen molar-refractivity contribution in [3.63, 3.8) is 0 Å². The van der Waals surface area contributed by atoms with Crippen molar-refractivity contribution in [3.8, 4) is 0 Å². The number of quaternary nitrogens is 1. The molecule has 1 N–H and O–H groups in total. The summed E-state index contributed by atoms with van der Waals surface area (Å²) < 4.78 is 11.0. The number of rotatable bonds is 4. The van der Waals surface area contributed by atoms with E-state index in [0.717, 1.165) is 5.69 Å². The summed E-state index contributed by atoms with van der Waals surface area (Å²) in [4.78, 5) is 24.1. The maximum atomic E-state index is 12.1. The van der Waals surface area contributed by atoms with Crippen molar-refractivity contribution in [2.24, 2.45) is 0 Å². The molecule has 1 amide bonds. The van der Waals surface area contributed by atoms with Crippen molar-refractivity contribution in [3.05, 3.63) is 24.3 Å². The van der Waals surface area contributed by atoms with Gasteiger partial charge in [-0.05, 0) is 53.7 Å². The highest BCUT2D eigenvalue weighted by molar-refractivity contribution is 5.85. The molecule has 25 heavy (non-hydrogen) atoms. The normalized spacial score (nSPS) is 12.5. The molecule has 0 saturated carbocycles. The average Bonchev–Trinajstić information content (AvgIpc) is 2.33. The molecule has 0 radical (unpaired) electrons. The molecule has 140 valence electrons. The van der Waals surface area contributed by atoms with E-state index in [-0.39, 0.29) is 12.5 Å². The zero-order chi connectivity index (χ0) is 19.5. The van der Waals surface area contributed by atoms with Crippen LogP contribution in [0.4, 0.5) is 16.2 Å². The Balaban J connectivity index is 2.85. The molecule has 0 unspecified atom stereocenters. The number of amides is 1. The molecule has 0 heterocycles. The Morgan fingerprint density at radius 3 is 2.08 bits per heavy atom. The maximum absolute atomic E-state index is 12.1. The molecule has 0 saturated heterocycles. The highest BCUT2D eigenvalue weighted by Crippen LogP contribution is 2.24. The van der Waals surface area contributed by atoms with Gasteiger partial charge in [-0.3, -0.25) is 9.80 Å². The number of carbonyl (C=O) groups excluding carboxylic acids is 2. The number of likely N-dealkylation sites (N-methyl/N-ethyl adjacent to an activating group) is 1. The predicted octanol–water partition coefficient (Wildman–Crippen LogP) is 3.94. The van der Waals surface area contributed by atoms with Gasteiger partial charge in [0.1, 0.15) is 16.9 Å². The Hall–Kier alpha value is -2.08. The molecule has 1 aromatic carbocycles. The minimum absolute atomic E-state index is 0.188. The zero-order valence-electron chi connectivity index (χ0n) is 16.6. The van der Waals surface area contributed by atoms with Gasteiger partial charge in [0.05, 0.1) is 14.1 Å². The summed E-state index contributed by atoms with van der Waals surface area (Å²) in [5, 5.41) is 2.72. The van der Waals surface area contributed by atoms with Gasteiger partial charge >= 0.3 is 12.1 Å². The quantitative estimate of drug-likeness (QED) is 0.659. The first-order valence-electron chi connectivity index (χ1n) is 8.33. The van der Waals surface area contributed by atoms with Crippen molar-refractivity contribution >= 4 is 23.4 Å². The third-order valence-corrected chi connectivity index (χ3v) is 3.13. The Kier molecular flexibility index (Phi) is 6.23. The summed E-state index contributed by atoms with van der Waals surface area (Å²) >= 11 is 0. The predicted molar refractivity (Wildman–Crippen MR) is 101 cm³/mol. The highest BCUT2D eigenvalue weighted by atomic mass is 16.6. The van der Waals surface area contributed by atoms with E-state index in [0.29, 0.717) is 10.2 Å². The molecule has 6 nitrogen and oxygen atoms in total. The second-order valence-corrected chi connectivity index (χ2v) is 8.61. The molecule has 0 bridgehead atoms. The van der Waals surface area contributed by atoms with Crippen molar-refractivity contribution < 1.29 is 19.1 Å². The maximum Gasteiger partial charge on any atom is 0.412 e. The number of nitrogens with zero attached hydrogens (tertiary/aromatic N) is 1. The first kappa shape index (κ1) is 21.0. The van der Waals surface area contributed by atoms with E-state index in [4.69, 9.17) is 9.47 Å². The van der Waals surface area contributed by atoms with Gasteiger partial charge in [0, 0.05) is 11.8 Å². The van der Waals surface area contributed by atoms with E-state index >= 15 is 0 Å². The van der Waals surface area contributed by atoms with E-state index in [1.165, 1.54) is 0 Å². The third-order valence-electron chi connectivity index (χ3n) is 3.13. The summed E-state index contributed by atoms with van der Waals surface area (Å²) in [6.45, 7) is 11.1. The van der Waals surface area contributed by atoms with Crippen LogP contribution in [0.3, 0.4) is 0 Å². The van der Waals surface area contributed by atoms with Gasteiger partial charge in [-0.15, -0.1) is 0 Å². The lowest BCUT2D eigenvalue weighted by molar-refractivity contribution is -0.155. The monoisotopic (exact) mass is 351 g/mol. The summed E-state index contributed by atoms with van der Waals surface area (Å²) in [6, 6.07) is 7.34. The van der Waals surface area contributed by atoms with Crippen LogP contribution in [0, 0.1) is 0 Å². The number of hydrogen-bond acceptors (Lipinski definition) is 4. The van der Waals surface area contributed by atoms with E-state index in [1.807, 2.05) is 73.8 Å². The van der Waals surface area contributed by atoms with E-state index in [2.05, 4.69) is 5.32 Å². The molecule has 0 aliphatic rings. The lowest BCUT2D eigenvalue weighted by Crippen LogP contribution is -2.46. The zero-order valence-corrected chi connectivity index (χ0v) is 16.6. The van der Waals surface area contributed by atoms with E-state index < -0.39 is 17.3 Å². The van der Waals surface area contributed by atoms with Gasteiger partial charge in [-0.2, -0.15) is 0 Å². The van der Waals surface area contributed by atoms with E-state index in [9.17, 15) is 9.59 Å². The SMILES string of the molecule is CC(C)(C)OC(=O)C[N+](C)(C)c1cccc(NC(=O)OC(C)(C)C)c1. The van der Waals surface area contributed by atoms with Crippen LogP contribution in [0.15, 0.2) is 24.3 Å². The average molecular weight is 351 g/mol. The highest BCUT2D eigenvalue weighted by Gasteiger charge is 2.27. The number of carbonyl (C=O) groups is 2. The number of anilines is 1. The van der Waals surface area contributed by atoms with Crippen LogP contribution in [0.1, 0.15) is 41.5 Å². The van der Waals surface area contributed by atoms with E-state index in [1.54, 1.807) is 6.07 Å². The van der Waals surface area contributed by atoms with Crippen LogP contribution in [-0.2, 0) is 14.3 Å². The summed E-state index contributed by atoms with van der Waals surface area (Å²) in [5.74, 6) is -0.275. The van der Waals surface area contributed by atoms with Gasteiger partial charge < -0.3 is 9.47 Å². The fourth-order valence-corrected chi connectivity index (χ4v) is 2.17. The molecule has 0 spiro atoms. The number of hydrogen-bond donors (Lipinski definition) is 1. The molecule has 1 aromatic rings. The first-order chi connectivity index (χ1) is 11.2. The molecule has 0 atom stereocenters. The summed E-state index contributed by atoms with van der Waals surface area (Å²) in [7, 11) is 3.83. The van der Waals surface area contributed by atoms with Crippen LogP contribution in [0.5, 0.6) is 0 Å². The van der Waals surface area contributed by atoms with Crippen molar-refractivity contribution in [2.45, 2.75) is 52.7 Å². The van der Waals surface area contributed by atoms with Gasteiger partial charge in [0.2, 0.25) is 0 Å². The molecule has 0 aromatic heterocycles. The van der Waals surface area contributed by atoms with Crippen molar-refractivity contribution in [2.75, 3.05) is 26.0 Å². The molecular formula is C19H31N2O4+. The molecule has 1 rings (SSSR count). The van der Waals surface area contributed by atoms with Crippen LogP contribution >= 0.6 is 0 Å². The smallest absolute Gasteiger partial charge is 0.412 e. The fraction of sp³-hybridized carbons (Fsp3) is 0.579. The molecular weight excluding hydrogens is 320 g/mol. The molecule has 6 heteroatoms. The Morgan fingerprint density at radius 1 is 1.00 bits per heavy atom. The molecule has 0 fully saturated rings. The standard InChI is InChI=1S/C19H30N2O4/c1-18(2,3)24-16(22)13-21(7,8)15-11-9-10-14(12-15)20-17(23)25-19(4,5)6/h9-12H,13H2,1-8H3/p+1. The van der Waals surface area contributed by atoms with Crippen molar-refractivity contribution in [1.29, 1.82) is 0 Å². The molecule has 0 aliphatic heterocycles. The topological polar surface area (TPSA) is 64.6 Å². The summed E-state index contributed by atoms with van der Waals surface area (Å²) in [5.41, 5.74) is 0.409. The van der Waals surface area contributed by atoms with Crippen LogP contribution < -0.4 is 9.80 Å². The molecule has 0 aliphatic carbocycles. The largest absolute Gasteiger partial charge is 0.456 e. The first-order valence-corrected chi connectivity index (χ1v) is 8.33. The van der Waals surface area contributed by atoms with Crippen LogP contribution in [-0.4, -0.2) is 43.9 Å². The van der Waals surface area contributed by atoms with Gasteiger partial charge in [0.25, 0.3) is 0 Å². The number of ether oxygens (including phenoxy) is 2. The third kappa shape index (κ3) is 8.03. The van der Waals surface area contributed by atoms with Gasteiger partial charge in [-0.25, -0.2) is 9.59 Å². The lowest BCUT2D eigenvalue weighted by atomic mass is 10.2. The van der Waals surface area contributed by atoms with Gasteiger partial charge in [-0.1, -0.05) is 6.07 Å². The van der Waals surface area contributed by atoms with Crippen LogP contribution in [0.2, 0.25) is 0 Å². The second-order valence-electron chi connectivity index (χ2n) is 8.61. The Labute approximate surface area is 150 Å².